The number of dihydropyridines is 1. The average Bonchev–Trinajstić information content (AvgIpc) is 3.10. The maximum atomic E-state index is 4.08. The first-order chi connectivity index (χ1) is 21.3. The number of hydrogen-bond acceptors (Lipinski definition) is 4. The minimum Gasteiger partial charge on any atom is -0.293 e. The van der Waals surface area contributed by atoms with Gasteiger partial charge in [-0.3, -0.25) is 19.9 Å². The number of pyridine rings is 3. The van der Waals surface area contributed by atoms with Crippen molar-refractivity contribution in [2.24, 2.45) is 4.99 Å². The van der Waals surface area contributed by atoms with Gasteiger partial charge in [-0.1, -0.05) is 99.6 Å². The molecule has 0 amide bonds. The van der Waals surface area contributed by atoms with Gasteiger partial charge in [0.1, 0.15) is 0 Å². The molecule has 4 rings (SSSR count). The zero-order valence-corrected chi connectivity index (χ0v) is 36.9. The first-order valence-electron chi connectivity index (χ1n) is 16.7. The summed E-state index contributed by atoms with van der Waals surface area (Å²) in [5.41, 5.74) is 7.31. The Hall–Kier alpha value is -2.35. The van der Waals surface area contributed by atoms with Gasteiger partial charge in [0, 0.05) is 80.0 Å². The molecule has 0 spiro atoms. The van der Waals surface area contributed by atoms with Crippen molar-refractivity contribution < 1.29 is 31.1 Å². The number of rotatable bonds is 0. The average molecular weight is 847 g/mol. The Morgan fingerprint density at radius 3 is 1.33 bits per heavy atom. The minimum absolute atomic E-state index is 0. The summed E-state index contributed by atoms with van der Waals surface area (Å²) in [5.74, 6) is 0. The van der Waals surface area contributed by atoms with Crippen LogP contribution in [0.2, 0.25) is 0 Å². The van der Waals surface area contributed by atoms with E-state index in [1.165, 1.54) is 22.3 Å². The molecule has 5 heteroatoms. The summed E-state index contributed by atoms with van der Waals surface area (Å²) >= 11 is 0. The van der Waals surface area contributed by atoms with Crippen LogP contribution in [0.25, 0.3) is 0 Å². The molecule has 0 N–H and O–H groups in total. The van der Waals surface area contributed by atoms with E-state index in [1.54, 1.807) is 6.20 Å². The second kappa shape index (κ2) is 54.2. The van der Waals surface area contributed by atoms with E-state index in [9.17, 15) is 0 Å². The van der Waals surface area contributed by atoms with Gasteiger partial charge >= 0.3 is 0 Å². The Labute approximate surface area is 306 Å². The molecule has 0 unspecified atom stereocenters. The summed E-state index contributed by atoms with van der Waals surface area (Å²) < 4.78 is 0. The summed E-state index contributed by atoms with van der Waals surface area (Å²) in [6, 6.07) is 11.9. The van der Waals surface area contributed by atoms with Crippen LogP contribution in [0.4, 0.5) is 0 Å². The quantitative estimate of drug-likeness (QED) is 0.212. The van der Waals surface area contributed by atoms with Gasteiger partial charge in [0.05, 0.1) is 0 Å². The Balaban J connectivity index is -0.0000000753. The van der Waals surface area contributed by atoms with Gasteiger partial charge in [0.2, 0.25) is 0 Å². The fourth-order valence-corrected chi connectivity index (χ4v) is 2.18. The first-order valence-corrected chi connectivity index (χ1v) is 16.7. The van der Waals surface area contributed by atoms with E-state index in [4.69, 9.17) is 0 Å². The first kappa shape index (κ1) is 58.2. The van der Waals surface area contributed by atoms with Crippen LogP contribution in [0.3, 0.4) is 0 Å². The molecule has 0 saturated carbocycles. The van der Waals surface area contributed by atoms with Crippen LogP contribution in [-0.4, -0.2) is 27.7 Å². The minimum atomic E-state index is 0. The Morgan fingerprint density at radius 2 is 1.11 bits per heavy atom. The van der Waals surface area contributed by atoms with Gasteiger partial charge in [-0.25, -0.2) is 0 Å². The van der Waals surface area contributed by atoms with Crippen LogP contribution < -0.4 is 0 Å². The Bertz CT molecular complexity index is 908. The van der Waals surface area contributed by atoms with Crippen LogP contribution in [0.5, 0.6) is 0 Å². The molecular weight excluding hydrogens is 774 g/mol. The molecule has 0 atom stereocenters. The summed E-state index contributed by atoms with van der Waals surface area (Å²) in [5, 5.41) is 0. The number of hydrogen-bond donors (Lipinski definition) is 0. The second-order valence-electron chi connectivity index (χ2n) is 7.78. The third kappa shape index (κ3) is 48.7. The van der Waals surface area contributed by atoms with Crippen LogP contribution in [0, 0.1) is 65.7 Å². The molecular formula is C40H72N4U. The molecule has 45 heavy (non-hydrogen) atoms. The predicted molar refractivity (Wildman–Crippen MR) is 205 cm³/mol. The largest absolute Gasteiger partial charge is 0.293 e. The van der Waals surface area contributed by atoms with Crippen LogP contribution in [0.1, 0.15) is 125 Å². The van der Waals surface area contributed by atoms with Crippen LogP contribution in [-0.2, 0) is 0 Å². The maximum Gasteiger partial charge on any atom is 0.0424 e. The van der Waals surface area contributed by atoms with Crippen molar-refractivity contribution in [1.29, 1.82) is 0 Å². The van der Waals surface area contributed by atoms with Gasteiger partial charge in [-0.15, -0.1) is 0 Å². The zero-order valence-electron chi connectivity index (χ0n) is 32.8. The van der Waals surface area contributed by atoms with Gasteiger partial charge in [0.15, 0.2) is 0 Å². The second-order valence-corrected chi connectivity index (χ2v) is 7.78. The van der Waals surface area contributed by atoms with E-state index in [1.807, 2.05) is 164 Å². The van der Waals surface area contributed by atoms with Crippen molar-refractivity contribution in [1.82, 2.24) is 15.0 Å². The monoisotopic (exact) mass is 847 g/mol. The van der Waals surface area contributed by atoms with E-state index in [-0.39, 0.29) is 31.1 Å². The molecule has 0 bridgehead atoms. The molecule has 3 aromatic rings. The van der Waals surface area contributed by atoms with Gasteiger partial charge in [-0.2, -0.15) is 0 Å². The predicted octanol–water partition coefficient (Wildman–Crippen LogP) is 12.9. The summed E-state index contributed by atoms with van der Waals surface area (Å²) in [4.78, 5) is 16.1. The van der Waals surface area contributed by atoms with E-state index in [2.05, 4.69) is 59.8 Å². The van der Waals surface area contributed by atoms with Gasteiger partial charge in [-0.05, 0) is 108 Å². The number of allylic oxidation sites excluding steroid dienone is 3. The van der Waals surface area contributed by atoms with E-state index >= 15 is 0 Å². The number of aromatic nitrogens is 3. The van der Waals surface area contributed by atoms with Gasteiger partial charge < -0.3 is 0 Å². The molecule has 0 saturated heterocycles. The van der Waals surface area contributed by atoms with E-state index in [0.717, 1.165) is 24.4 Å². The summed E-state index contributed by atoms with van der Waals surface area (Å²) in [6.07, 6.45) is 16.5. The van der Waals surface area contributed by atoms with Gasteiger partial charge in [0.25, 0.3) is 0 Å². The van der Waals surface area contributed by atoms with E-state index in [0.29, 0.717) is 0 Å². The normalized spacial score (nSPS) is 9.16. The van der Waals surface area contributed by atoms with Crippen molar-refractivity contribution in [3.63, 3.8) is 0 Å². The third-order valence-corrected chi connectivity index (χ3v) is 4.74. The molecule has 4 nitrogen and oxygen atoms in total. The molecule has 0 fully saturated rings. The van der Waals surface area contributed by atoms with Crippen LogP contribution in [0.15, 0.2) is 90.0 Å². The standard InChI is InChI=1S/2C7H9N.C6H9N.C6H7N.C4H8.5C2H6.U/c1-6-3-4-8-5-7(6)2;1-6-4-3-5-8-7(6)2;1-6-3-2-4-7-5-6;1-6-4-2-3-5-7-6;1-3-4-2;5*1-2;/h2*3-5H,1-2H3;3,5H,2,4H2,1H3;2-5H,1H3;3-4H,1-2H3;5*1-2H3;/b;;;;4-3-;;;;;;. The van der Waals surface area contributed by atoms with E-state index < -0.39 is 0 Å². The van der Waals surface area contributed by atoms with Crippen molar-refractivity contribution in [2.45, 2.75) is 131 Å². The summed E-state index contributed by atoms with van der Waals surface area (Å²) in [6.45, 7) is 37.2. The SMILES string of the molecule is C/C=C\C.CC.CC.CC.CC.CC.CC1=CCCN=C1.Cc1ccccn1.Cc1cccnc1C.Cc1ccncc1C.[U]. The molecule has 1 aliphatic heterocycles. The zero-order chi connectivity index (χ0) is 35.6. The maximum absolute atomic E-state index is 4.08. The molecule has 1 aliphatic rings. The molecule has 0 aliphatic carbocycles. The molecule has 256 valence electrons. The molecule has 4 heterocycles. The number of aliphatic imine (C=N–C) groups is 1. The third-order valence-electron chi connectivity index (χ3n) is 4.74. The smallest absolute Gasteiger partial charge is 0.0424 e. The van der Waals surface area contributed by atoms with Crippen molar-refractivity contribution in [2.75, 3.05) is 6.54 Å². The molecule has 0 radical (unpaired) electrons. The summed E-state index contributed by atoms with van der Waals surface area (Å²) in [7, 11) is 0. The fourth-order valence-electron chi connectivity index (χ4n) is 2.18. The fraction of sp³-hybridized carbons (Fsp3) is 0.500. The number of nitrogens with zero attached hydrogens (tertiary/aromatic N) is 4. The van der Waals surface area contributed by atoms with Crippen molar-refractivity contribution in [3.8, 4) is 0 Å². The Kier molecular flexibility index (Phi) is 70.1. The topological polar surface area (TPSA) is 51.0 Å². The molecule has 3 aromatic heterocycles. The Morgan fingerprint density at radius 1 is 0.578 bits per heavy atom. The molecule has 0 aromatic carbocycles. The van der Waals surface area contributed by atoms with Crippen molar-refractivity contribution >= 4 is 6.21 Å². The number of aryl methyl sites for hydroxylation is 5. The van der Waals surface area contributed by atoms with Crippen LogP contribution >= 0.6 is 0 Å². The van der Waals surface area contributed by atoms with Crippen molar-refractivity contribution in [3.05, 3.63) is 113 Å².